The van der Waals surface area contributed by atoms with Crippen LogP contribution in [0.4, 0.5) is 5.82 Å². The van der Waals surface area contributed by atoms with Crippen LogP contribution in [-0.4, -0.2) is 18.6 Å². The van der Waals surface area contributed by atoms with Crippen LogP contribution in [0.2, 0.25) is 0 Å². The second-order valence-corrected chi connectivity index (χ2v) is 4.44. The molecule has 3 heteroatoms. The molecule has 0 aliphatic carbocycles. The topological polar surface area (TPSA) is 16.1 Å². The highest BCUT2D eigenvalue weighted by Crippen LogP contribution is 2.18. The summed E-state index contributed by atoms with van der Waals surface area (Å²) in [7, 11) is 2.07. The number of pyridine rings is 1. The van der Waals surface area contributed by atoms with Crippen LogP contribution in [-0.2, 0) is 0 Å². The van der Waals surface area contributed by atoms with E-state index in [1.54, 1.807) is 0 Å². The molecule has 82 valence electrons. The van der Waals surface area contributed by atoms with Gasteiger partial charge in [-0.25, -0.2) is 4.98 Å². The molecule has 2 nitrogen and oxygen atoms in total. The summed E-state index contributed by atoms with van der Waals surface area (Å²) in [6, 6.07) is 4.08. The van der Waals surface area contributed by atoms with Gasteiger partial charge in [-0.15, -0.1) is 6.58 Å². The van der Waals surface area contributed by atoms with Gasteiger partial charge in [0.25, 0.3) is 0 Å². The van der Waals surface area contributed by atoms with E-state index < -0.39 is 0 Å². The van der Waals surface area contributed by atoms with Gasteiger partial charge in [0.1, 0.15) is 5.82 Å². The molecule has 0 spiro atoms. The maximum absolute atomic E-state index is 4.50. The number of anilines is 1. The van der Waals surface area contributed by atoms with E-state index in [4.69, 9.17) is 0 Å². The van der Waals surface area contributed by atoms with Gasteiger partial charge in [-0.05, 0) is 47.8 Å². The van der Waals surface area contributed by atoms with Crippen LogP contribution in [0.25, 0.3) is 0 Å². The maximum Gasteiger partial charge on any atom is 0.128 e. The molecule has 0 saturated heterocycles. The predicted molar refractivity (Wildman–Crippen MR) is 69.4 cm³/mol. The summed E-state index contributed by atoms with van der Waals surface area (Å²) in [6.07, 6.45) is 4.13. The van der Waals surface area contributed by atoms with Gasteiger partial charge in [0.05, 0.1) is 5.69 Å². The highest BCUT2D eigenvalue weighted by atomic mass is 79.9. The Morgan fingerprint density at radius 2 is 2.27 bits per heavy atom. The number of aryl methyl sites for hydroxylation is 1. The summed E-state index contributed by atoms with van der Waals surface area (Å²) in [5.74, 6) is 1.03. The Hall–Kier alpha value is -0.830. The SMILES string of the molecule is C=CCCCN(C)c1ccc(Br)c(C)n1. The van der Waals surface area contributed by atoms with Crippen LogP contribution in [0.15, 0.2) is 29.3 Å². The fourth-order valence-corrected chi connectivity index (χ4v) is 1.55. The second kappa shape index (κ2) is 5.91. The average molecular weight is 269 g/mol. The summed E-state index contributed by atoms with van der Waals surface area (Å²) < 4.78 is 1.06. The third kappa shape index (κ3) is 3.67. The van der Waals surface area contributed by atoms with Crippen LogP contribution in [0, 0.1) is 6.92 Å². The van der Waals surface area contributed by atoms with E-state index in [-0.39, 0.29) is 0 Å². The van der Waals surface area contributed by atoms with Gasteiger partial charge in [-0.2, -0.15) is 0 Å². The van der Waals surface area contributed by atoms with Crippen molar-refractivity contribution >= 4 is 21.7 Å². The highest BCUT2D eigenvalue weighted by Gasteiger charge is 2.03. The second-order valence-electron chi connectivity index (χ2n) is 3.59. The standard InChI is InChI=1S/C12H17BrN2/c1-4-5-6-9-15(3)12-8-7-11(13)10(2)14-12/h4,7-8H,1,5-6,9H2,2-3H3. The molecular formula is C12H17BrN2. The molecule has 0 aliphatic heterocycles. The first-order valence-corrected chi connectivity index (χ1v) is 5.89. The van der Waals surface area contributed by atoms with Crippen LogP contribution >= 0.6 is 15.9 Å². The lowest BCUT2D eigenvalue weighted by Crippen LogP contribution is -2.19. The minimum absolute atomic E-state index is 1.01. The molecule has 1 aromatic rings. The number of hydrogen-bond acceptors (Lipinski definition) is 2. The fraction of sp³-hybridized carbons (Fsp3) is 0.417. The van der Waals surface area contributed by atoms with E-state index in [9.17, 15) is 0 Å². The van der Waals surface area contributed by atoms with Gasteiger partial charge in [0, 0.05) is 18.1 Å². The van der Waals surface area contributed by atoms with E-state index >= 15 is 0 Å². The molecule has 0 bridgehead atoms. The zero-order chi connectivity index (χ0) is 11.3. The number of hydrogen-bond donors (Lipinski definition) is 0. The summed E-state index contributed by atoms with van der Waals surface area (Å²) in [6.45, 7) is 6.73. The molecular weight excluding hydrogens is 252 g/mol. The van der Waals surface area contributed by atoms with E-state index in [0.717, 1.165) is 35.4 Å². The monoisotopic (exact) mass is 268 g/mol. The maximum atomic E-state index is 4.50. The third-order valence-electron chi connectivity index (χ3n) is 2.30. The van der Waals surface area contributed by atoms with Crippen LogP contribution in [0.3, 0.4) is 0 Å². The first kappa shape index (κ1) is 12.2. The molecule has 0 saturated carbocycles. The van der Waals surface area contributed by atoms with E-state index in [2.05, 4.69) is 39.4 Å². The third-order valence-corrected chi connectivity index (χ3v) is 3.14. The molecule has 0 fully saturated rings. The van der Waals surface area contributed by atoms with Crippen molar-refractivity contribution in [3.8, 4) is 0 Å². The van der Waals surface area contributed by atoms with Crippen molar-refractivity contribution in [1.29, 1.82) is 0 Å². The zero-order valence-corrected chi connectivity index (χ0v) is 10.9. The van der Waals surface area contributed by atoms with Crippen molar-refractivity contribution in [3.05, 3.63) is 35.0 Å². The Kier molecular flexibility index (Phi) is 4.82. The zero-order valence-electron chi connectivity index (χ0n) is 9.33. The summed E-state index contributed by atoms with van der Waals surface area (Å²) in [5, 5.41) is 0. The molecule has 0 radical (unpaired) electrons. The molecule has 1 aromatic heterocycles. The van der Waals surface area contributed by atoms with Crippen LogP contribution in [0.1, 0.15) is 18.5 Å². The van der Waals surface area contributed by atoms with Gasteiger partial charge < -0.3 is 4.90 Å². The minimum atomic E-state index is 1.01. The van der Waals surface area contributed by atoms with Gasteiger partial charge in [-0.1, -0.05) is 6.08 Å². The van der Waals surface area contributed by atoms with Crippen molar-refractivity contribution in [2.24, 2.45) is 0 Å². The molecule has 0 amide bonds. The van der Waals surface area contributed by atoms with Gasteiger partial charge in [0.15, 0.2) is 0 Å². The van der Waals surface area contributed by atoms with Gasteiger partial charge in [-0.3, -0.25) is 0 Å². The number of nitrogens with zero attached hydrogens (tertiary/aromatic N) is 2. The van der Waals surface area contributed by atoms with Crippen LogP contribution < -0.4 is 4.90 Å². The molecule has 0 aromatic carbocycles. The minimum Gasteiger partial charge on any atom is -0.360 e. The average Bonchev–Trinajstić information content (AvgIpc) is 2.22. The van der Waals surface area contributed by atoms with E-state index in [0.29, 0.717) is 0 Å². The Labute approximate surface area is 100 Å². The molecule has 0 N–H and O–H groups in total. The first-order valence-electron chi connectivity index (χ1n) is 5.10. The number of halogens is 1. The summed E-state index contributed by atoms with van der Waals surface area (Å²) in [5.41, 5.74) is 1.03. The lowest BCUT2D eigenvalue weighted by Gasteiger charge is -2.18. The van der Waals surface area contributed by atoms with Crippen molar-refractivity contribution in [2.75, 3.05) is 18.5 Å². The fourth-order valence-electron chi connectivity index (χ4n) is 1.33. The quantitative estimate of drug-likeness (QED) is 0.600. The molecule has 0 atom stereocenters. The Bertz CT molecular complexity index is 336. The Morgan fingerprint density at radius 1 is 1.53 bits per heavy atom. The Balaban J connectivity index is 2.61. The number of allylic oxidation sites excluding steroid dienone is 1. The number of rotatable bonds is 5. The predicted octanol–water partition coefficient (Wildman–Crippen LogP) is 3.55. The van der Waals surface area contributed by atoms with Crippen molar-refractivity contribution in [1.82, 2.24) is 4.98 Å². The van der Waals surface area contributed by atoms with E-state index in [1.165, 1.54) is 0 Å². The number of aromatic nitrogens is 1. The van der Waals surface area contributed by atoms with E-state index in [1.807, 2.05) is 25.1 Å². The first-order chi connectivity index (χ1) is 7.15. The largest absolute Gasteiger partial charge is 0.360 e. The molecule has 0 aliphatic rings. The van der Waals surface area contributed by atoms with Gasteiger partial charge in [0.2, 0.25) is 0 Å². The summed E-state index contributed by atoms with van der Waals surface area (Å²) in [4.78, 5) is 6.67. The molecule has 1 heterocycles. The normalized spacial score (nSPS) is 10.1. The van der Waals surface area contributed by atoms with Crippen LogP contribution in [0.5, 0.6) is 0 Å². The summed E-state index contributed by atoms with van der Waals surface area (Å²) >= 11 is 3.45. The lowest BCUT2D eigenvalue weighted by molar-refractivity contribution is 0.790. The molecule has 15 heavy (non-hydrogen) atoms. The molecule has 1 rings (SSSR count). The smallest absolute Gasteiger partial charge is 0.128 e. The Morgan fingerprint density at radius 3 is 2.87 bits per heavy atom. The van der Waals surface area contributed by atoms with Crippen molar-refractivity contribution < 1.29 is 0 Å². The highest BCUT2D eigenvalue weighted by molar-refractivity contribution is 9.10. The van der Waals surface area contributed by atoms with Crippen molar-refractivity contribution in [2.45, 2.75) is 19.8 Å². The lowest BCUT2D eigenvalue weighted by atomic mass is 10.3. The molecule has 0 unspecified atom stereocenters. The number of unbranched alkanes of at least 4 members (excludes halogenated alkanes) is 1. The van der Waals surface area contributed by atoms with Gasteiger partial charge >= 0.3 is 0 Å². The van der Waals surface area contributed by atoms with Crippen molar-refractivity contribution in [3.63, 3.8) is 0 Å².